The Hall–Kier alpha value is -3.00. The van der Waals surface area contributed by atoms with E-state index in [0.717, 1.165) is 37.4 Å². The number of pyridine rings is 1. The van der Waals surface area contributed by atoms with Crippen LogP contribution in [0.15, 0.2) is 42.6 Å². The third-order valence-electron chi connectivity index (χ3n) is 5.92. The van der Waals surface area contributed by atoms with E-state index in [9.17, 15) is 4.79 Å². The molecule has 4 rings (SSSR count). The Kier molecular flexibility index (Phi) is 6.46. The van der Waals surface area contributed by atoms with Crippen LogP contribution in [-0.4, -0.2) is 73.5 Å². The van der Waals surface area contributed by atoms with Gasteiger partial charge in [0.1, 0.15) is 23.7 Å². The minimum atomic E-state index is -0.410. The summed E-state index contributed by atoms with van der Waals surface area (Å²) in [7, 11) is 3.25. The van der Waals surface area contributed by atoms with Crippen molar-refractivity contribution in [1.82, 2.24) is 14.8 Å². The van der Waals surface area contributed by atoms with Crippen LogP contribution in [-0.2, 0) is 11.3 Å². The maximum Gasteiger partial charge on any atom is 0.410 e. The molecule has 2 aliphatic heterocycles. The van der Waals surface area contributed by atoms with Gasteiger partial charge in [0.25, 0.3) is 0 Å². The molecule has 1 aromatic heterocycles. The van der Waals surface area contributed by atoms with Crippen molar-refractivity contribution in [1.29, 1.82) is 0 Å². The summed E-state index contributed by atoms with van der Waals surface area (Å²) < 4.78 is 22.4. The molecule has 0 atom stereocenters. The molecule has 0 radical (unpaired) electrons. The summed E-state index contributed by atoms with van der Waals surface area (Å²) in [6.45, 7) is 3.89. The fourth-order valence-corrected chi connectivity index (χ4v) is 4.21. The summed E-state index contributed by atoms with van der Waals surface area (Å²) in [5.41, 5.74) is 0.438. The van der Waals surface area contributed by atoms with Crippen LogP contribution in [0.5, 0.6) is 17.2 Å². The first-order chi connectivity index (χ1) is 15.1. The number of piperidine rings is 1. The average molecular weight is 428 g/mol. The van der Waals surface area contributed by atoms with Crippen LogP contribution in [0, 0.1) is 0 Å². The lowest BCUT2D eigenvalue weighted by Gasteiger charge is -2.37. The number of hydrogen-bond acceptors (Lipinski definition) is 7. The molecule has 2 aliphatic rings. The van der Waals surface area contributed by atoms with Crippen LogP contribution in [0.1, 0.15) is 18.5 Å². The van der Waals surface area contributed by atoms with Crippen molar-refractivity contribution >= 4 is 6.09 Å². The van der Waals surface area contributed by atoms with Crippen molar-refractivity contribution in [3.63, 3.8) is 0 Å². The number of carbonyl (C=O) groups is 1. The second-order valence-electron chi connectivity index (χ2n) is 7.90. The van der Waals surface area contributed by atoms with E-state index in [0.29, 0.717) is 37.7 Å². The van der Waals surface area contributed by atoms with E-state index in [2.05, 4.69) is 9.88 Å². The molecule has 31 heavy (non-hydrogen) atoms. The third-order valence-corrected chi connectivity index (χ3v) is 5.92. The molecule has 166 valence electrons. The predicted molar refractivity (Wildman–Crippen MR) is 115 cm³/mol. The maximum absolute atomic E-state index is 12.4. The molecule has 1 aromatic carbocycles. The molecule has 0 saturated carbocycles. The third kappa shape index (κ3) is 4.85. The number of amides is 1. The molecule has 0 unspecified atom stereocenters. The number of carbonyl (C=O) groups excluding carboxylic acids is 1. The lowest BCUT2D eigenvalue weighted by atomic mass is 9.91. The Morgan fingerprint density at radius 3 is 2.58 bits per heavy atom. The highest BCUT2D eigenvalue weighted by Gasteiger charge is 2.46. The van der Waals surface area contributed by atoms with Gasteiger partial charge in [0, 0.05) is 44.7 Å². The van der Waals surface area contributed by atoms with E-state index >= 15 is 0 Å². The molecule has 2 fully saturated rings. The van der Waals surface area contributed by atoms with Gasteiger partial charge in [-0.3, -0.25) is 9.88 Å². The van der Waals surface area contributed by atoms with E-state index in [1.54, 1.807) is 31.4 Å². The Morgan fingerprint density at radius 2 is 1.87 bits per heavy atom. The average Bonchev–Trinajstić information content (AvgIpc) is 3.10. The second kappa shape index (κ2) is 9.43. The van der Waals surface area contributed by atoms with E-state index in [1.807, 2.05) is 30.3 Å². The number of ether oxygens (including phenoxy) is 4. The van der Waals surface area contributed by atoms with E-state index in [1.165, 1.54) is 0 Å². The largest absolute Gasteiger partial charge is 0.493 e. The van der Waals surface area contributed by atoms with Crippen molar-refractivity contribution in [3.8, 4) is 17.2 Å². The lowest BCUT2D eigenvalue weighted by molar-refractivity contribution is -0.00167. The molecule has 2 aromatic rings. The number of para-hydroxylation sites is 1. The van der Waals surface area contributed by atoms with Gasteiger partial charge < -0.3 is 23.8 Å². The van der Waals surface area contributed by atoms with Gasteiger partial charge in [-0.05, 0) is 12.1 Å². The van der Waals surface area contributed by atoms with E-state index < -0.39 is 5.60 Å². The van der Waals surface area contributed by atoms with E-state index in [-0.39, 0.29) is 6.09 Å². The highest BCUT2D eigenvalue weighted by atomic mass is 16.6. The van der Waals surface area contributed by atoms with Crippen LogP contribution in [0.3, 0.4) is 0 Å². The fourth-order valence-electron chi connectivity index (χ4n) is 4.21. The molecule has 0 N–H and O–H groups in total. The number of likely N-dealkylation sites (tertiary alicyclic amines) is 1. The molecule has 1 amide bonds. The zero-order chi connectivity index (χ0) is 21.7. The van der Waals surface area contributed by atoms with Crippen molar-refractivity contribution in [2.45, 2.75) is 25.0 Å². The minimum absolute atomic E-state index is 0.249. The molecule has 8 nitrogen and oxygen atoms in total. The van der Waals surface area contributed by atoms with Crippen LogP contribution in [0.4, 0.5) is 4.79 Å². The Balaban J connectivity index is 1.29. The molecule has 2 saturated heterocycles. The van der Waals surface area contributed by atoms with Gasteiger partial charge in [0.2, 0.25) is 0 Å². The quantitative estimate of drug-likeness (QED) is 0.641. The van der Waals surface area contributed by atoms with Gasteiger partial charge in [-0.2, -0.15) is 0 Å². The van der Waals surface area contributed by atoms with E-state index in [4.69, 9.17) is 18.9 Å². The molecule has 3 heterocycles. The van der Waals surface area contributed by atoms with Gasteiger partial charge in [-0.15, -0.1) is 0 Å². The van der Waals surface area contributed by atoms with Crippen LogP contribution in [0.2, 0.25) is 0 Å². The summed E-state index contributed by atoms with van der Waals surface area (Å²) in [5, 5.41) is 0. The fraction of sp³-hybridized carbons (Fsp3) is 0.478. The zero-order valence-electron chi connectivity index (χ0n) is 18.1. The van der Waals surface area contributed by atoms with Crippen molar-refractivity contribution in [3.05, 3.63) is 48.3 Å². The SMILES string of the molecule is COc1ccnc(CN2CCC3(CC2)CN(CCOc2ccccc2)C(=O)O3)c1OC. The summed E-state index contributed by atoms with van der Waals surface area (Å²) in [6.07, 6.45) is 3.07. The summed E-state index contributed by atoms with van der Waals surface area (Å²) >= 11 is 0. The molecular formula is C23H29N3O5. The Morgan fingerprint density at radius 1 is 1.10 bits per heavy atom. The number of methoxy groups -OCH3 is 2. The Bertz CT molecular complexity index is 884. The molecule has 0 aliphatic carbocycles. The normalized spacial score (nSPS) is 18.1. The molecular weight excluding hydrogens is 398 g/mol. The summed E-state index contributed by atoms with van der Waals surface area (Å²) in [4.78, 5) is 20.9. The molecule has 0 bridgehead atoms. The van der Waals surface area contributed by atoms with Crippen molar-refractivity contribution in [2.75, 3.05) is 47.0 Å². The molecule has 1 spiro atoms. The topological polar surface area (TPSA) is 73.4 Å². The first-order valence-corrected chi connectivity index (χ1v) is 10.6. The standard InChI is InChI=1S/C23H29N3O5/c1-28-20-8-11-24-19(21(20)29-2)16-25-12-9-23(10-13-25)17-26(22(27)31-23)14-15-30-18-6-4-3-5-7-18/h3-8,11H,9-10,12-17H2,1-2H3. The van der Waals surface area contributed by atoms with Crippen molar-refractivity contribution < 1.29 is 23.7 Å². The van der Waals surface area contributed by atoms with Crippen LogP contribution >= 0.6 is 0 Å². The van der Waals surface area contributed by atoms with Crippen LogP contribution < -0.4 is 14.2 Å². The number of hydrogen-bond donors (Lipinski definition) is 0. The minimum Gasteiger partial charge on any atom is -0.493 e. The number of benzene rings is 1. The van der Waals surface area contributed by atoms with Gasteiger partial charge >= 0.3 is 6.09 Å². The highest BCUT2D eigenvalue weighted by molar-refractivity contribution is 5.70. The Labute approximate surface area is 182 Å². The number of rotatable bonds is 8. The van der Waals surface area contributed by atoms with Crippen LogP contribution in [0.25, 0.3) is 0 Å². The zero-order valence-corrected chi connectivity index (χ0v) is 18.1. The van der Waals surface area contributed by atoms with Gasteiger partial charge in [0.15, 0.2) is 11.5 Å². The smallest absolute Gasteiger partial charge is 0.410 e. The van der Waals surface area contributed by atoms with Crippen molar-refractivity contribution in [2.24, 2.45) is 0 Å². The summed E-state index contributed by atoms with van der Waals surface area (Å²) in [6, 6.07) is 11.4. The second-order valence-corrected chi connectivity index (χ2v) is 7.90. The monoisotopic (exact) mass is 427 g/mol. The molecule has 8 heteroatoms. The van der Waals surface area contributed by atoms with Gasteiger partial charge in [-0.25, -0.2) is 4.79 Å². The number of nitrogens with zero attached hydrogens (tertiary/aromatic N) is 3. The first-order valence-electron chi connectivity index (χ1n) is 10.6. The van der Waals surface area contributed by atoms with Gasteiger partial charge in [0.05, 0.1) is 27.3 Å². The van der Waals surface area contributed by atoms with Gasteiger partial charge in [-0.1, -0.05) is 18.2 Å². The summed E-state index contributed by atoms with van der Waals surface area (Å²) in [5.74, 6) is 2.15. The maximum atomic E-state index is 12.4. The predicted octanol–water partition coefficient (Wildman–Crippen LogP) is 2.96. The number of aromatic nitrogens is 1. The first kappa shape index (κ1) is 21.2. The highest BCUT2D eigenvalue weighted by Crippen LogP contribution is 2.35. The lowest BCUT2D eigenvalue weighted by Crippen LogP contribution is -2.46.